The van der Waals surface area contributed by atoms with Crippen molar-refractivity contribution in [3.05, 3.63) is 87.9 Å². The highest BCUT2D eigenvalue weighted by Crippen LogP contribution is 2.46. The molecule has 3 aromatic rings. The van der Waals surface area contributed by atoms with Crippen LogP contribution in [0.2, 0.25) is 0 Å². The van der Waals surface area contributed by atoms with E-state index in [4.69, 9.17) is 5.10 Å². The molecule has 124 valence electrons. The number of nitrogens with one attached hydrogen (secondary N) is 1. The summed E-state index contributed by atoms with van der Waals surface area (Å²) in [6, 6.07) is 19.4. The lowest BCUT2D eigenvalue weighted by atomic mass is 9.95. The summed E-state index contributed by atoms with van der Waals surface area (Å²) in [7, 11) is 0. The first kappa shape index (κ1) is 14.7. The molecule has 0 aliphatic carbocycles. The molecule has 0 fully saturated rings. The summed E-state index contributed by atoms with van der Waals surface area (Å²) in [5.74, 6) is -0.219. The molecule has 0 bridgehead atoms. The van der Waals surface area contributed by atoms with Gasteiger partial charge < -0.3 is 5.32 Å². The van der Waals surface area contributed by atoms with Gasteiger partial charge in [-0.05, 0) is 40.8 Å². The molecular formula is C20H16FN3S. The summed E-state index contributed by atoms with van der Waals surface area (Å²) in [6.07, 6.45) is 0.851. The topological polar surface area (TPSA) is 27.6 Å². The number of hydrogen-bond acceptors (Lipinski definition) is 4. The fourth-order valence-corrected chi connectivity index (χ4v) is 4.38. The summed E-state index contributed by atoms with van der Waals surface area (Å²) in [5, 5.41) is 12.8. The van der Waals surface area contributed by atoms with E-state index in [0.29, 0.717) is 0 Å². The van der Waals surface area contributed by atoms with Crippen LogP contribution in [0.15, 0.2) is 71.1 Å². The lowest BCUT2D eigenvalue weighted by molar-refractivity contribution is 0.171. The standard InChI is InChI=1S/C20H16FN3S/c21-14-9-7-13(8-10-14)17-12-18-15-4-1-2-5-16(15)22-20(24(18)23-17)19-6-3-11-25-19/h1-11,18,20,22H,12H2. The van der Waals surface area contributed by atoms with Crippen LogP contribution in [0.5, 0.6) is 0 Å². The van der Waals surface area contributed by atoms with Crippen LogP contribution in [0.25, 0.3) is 0 Å². The predicted molar refractivity (Wildman–Crippen MR) is 99.3 cm³/mol. The molecule has 0 amide bonds. The van der Waals surface area contributed by atoms with Gasteiger partial charge in [0.2, 0.25) is 0 Å². The lowest BCUT2D eigenvalue weighted by Gasteiger charge is -2.38. The zero-order valence-electron chi connectivity index (χ0n) is 13.4. The van der Waals surface area contributed by atoms with Crippen molar-refractivity contribution in [2.75, 3.05) is 5.32 Å². The highest BCUT2D eigenvalue weighted by molar-refractivity contribution is 7.10. The van der Waals surface area contributed by atoms with Gasteiger partial charge in [0, 0.05) is 17.0 Å². The average molecular weight is 349 g/mol. The molecule has 0 spiro atoms. The molecule has 2 aliphatic rings. The number of benzene rings is 2. The third-order valence-corrected chi connectivity index (χ3v) is 5.73. The largest absolute Gasteiger partial charge is 0.359 e. The van der Waals surface area contributed by atoms with Crippen LogP contribution < -0.4 is 5.32 Å². The molecule has 5 rings (SSSR count). The Morgan fingerprint density at radius 2 is 1.88 bits per heavy atom. The number of hydrazone groups is 1. The first-order chi connectivity index (χ1) is 12.3. The molecule has 2 aliphatic heterocycles. The van der Waals surface area contributed by atoms with E-state index in [0.717, 1.165) is 23.4 Å². The molecule has 1 aromatic heterocycles. The minimum absolute atomic E-state index is 0.0258. The van der Waals surface area contributed by atoms with Gasteiger partial charge in [-0.25, -0.2) is 4.39 Å². The molecule has 0 radical (unpaired) electrons. The number of nitrogens with zero attached hydrogens (tertiary/aromatic N) is 2. The molecule has 0 saturated heterocycles. The molecule has 25 heavy (non-hydrogen) atoms. The highest BCUT2D eigenvalue weighted by Gasteiger charge is 2.39. The second kappa shape index (κ2) is 5.70. The number of fused-ring (bicyclic) bond motifs is 3. The SMILES string of the molecule is Fc1ccc(C2=NN3C(C2)c2ccccc2NC3c2cccs2)cc1. The first-order valence-electron chi connectivity index (χ1n) is 8.30. The number of hydrogen-bond donors (Lipinski definition) is 1. The number of rotatable bonds is 2. The molecule has 2 atom stereocenters. The Morgan fingerprint density at radius 1 is 1.04 bits per heavy atom. The van der Waals surface area contributed by atoms with Gasteiger partial charge in [-0.15, -0.1) is 11.3 Å². The van der Waals surface area contributed by atoms with Gasteiger partial charge in [0.25, 0.3) is 0 Å². The fraction of sp³-hybridized carbons (Fsp3) is 0.150. The van der Waals surface area contributed by atoms with E-state index in [9.17, 15) is 4.39 Å². The van der Waals surface area contributed by atoms with Gasteiger partial charge in [0.15, 0.2) is 6.17 Å². The molecule has 5 heteroatoms. The van der Waals surface area contributed by atoms with E-state index in [1.807, 2.05) is 12.1 Å². The van der Waals surface area contributed by atoms with Crippen molar-refractivity contribution in [2.45, 2.75) is 18.6 Å². The van der Waals surface area contributed by atoms with E-state index in [1.165, 1.54) is 22.6 Å². The maximum Gasteiger partial charge on any atom is 0.152 e. The maximum atomic E-state index is 13.3. The fourth-order valence-electron chi connectivity index (χ4n) is 3.62. The van der Waals surface area contributed by atoms with E-state index in [1.54, 1.807) is 11.3 Å². The molecule has 2 aromatic carbocycles. The Bertz CT molecular complexity index is 934. The first-order valence-corrected chi connectivity index (χ1v) is 9.18. The molecule has 3 heterocycles. The minimum atomic E-state index is -0.219. The third kappa shape index (κ3) is 2.43. The monoisotopic (exact) mass is 349 g/mol. The Kier molecular flexibility index (Phi) is 3.35. The summed E-state index contributed by atoms with van der Waals surface area (Å²) >= 11 is 1.73. The van der Waals surface area contributed by atoms with Gasteiger partial charge in [-0.2, -0.15) is 5.10 Å². The normalized spacial score (nSPS) is 21.3. The molecule has 3 nitrogen and oxygen atoms in total. The quantitative estimate of drug-likeness (QED) is 0.692. The summed E-state index contributed by atoms with van der Waals surface area (Å²) in [4.78, 5) is 1.24. The minimum Gasteiger partial charge on any atom is -0.359 e. The van der Waals surface area contributed by atoms with Crippen molar-refractivity contribution in [1.29, 1.82) is 0 Å². The predicted octanol–water partition coefficient (Wildman–Crippen LogP) is 5.16. The van der Waals surface area contributed by atoms with Crippen LogP contribution in [-0.2, 0) is 0 Å². The Hall–Kier alpha value is -2.66. The van der Waals surface area contributed by atoms with Crippen LogP contribution in [0, 0.1) is 5.82 Å². The molecule has 1 N–H and O–H groups in total. The van der Waals surface area contributed by atoms with Crippen LogP contribution in [-0.4, -0.2) is 10.7 Å². The second-order valence-corrected chi connectivity index (χ2v) is 7.28. The van der Waals surface area contributed by atoms with Crippen molar-refractivity contribution in [2.24, 2.45) is 5.10 Å². The summed E-state index contributed by atoms with van der Waals surface area (Å²) in [5.41, 5.74) is 4.41. The Balaban J connectivity index is 1.59. The van der Waals surface area contributed by atoms with Crippen LogP contribution in [0.1, 0.15) is 34.6 Å². The van der Waals surface area contributed by atoms with Crippen molar-refractivity contribution in [1.82, 2.24) is 5.01 Å². The molecular weight excluding hydrogens is 333 g/mol. The van der Waals surface area contributed by atoms with E-state index < -0.39 is 0 Å². The van der Waals surface area contributed by atoms with Crippen molar-refractivity contribution in [3.8, 4) is 0 Å². The van der Waals surface area contributed by atoms with Gasteiger partial charge in [0.05, 0.1) is 11.8 Å². The zero-order chi connectivity index (χ0) is 16.8. The van der Waals surface area contributed by atoms with E-state index >= 15 is 0 Å². The van der Waals surface area contributed by atoms with Crippen molar-refractivity contribution >= 4 is 22.7 Å². The van der Waals surface area contributed by atoms with Gasteiger partial charge >= 0.3 is 0 Å². The van der Waals surface area contributed by atoms with E-state index in [-0.39, 0.29) is 18.0 Å². The van der Waals surface area contributed by atoms with E-state index in [2.05, 4.69) is 52.1 Å². The molecule has 2 unspecified atom stereocenters. The van der Waals surface area contributed by atoms with Gasteiger partial charge in [-0.1, -0.05) is 36.4 Å². The Labute approximate surface area is 149 Å². The zero-order valence-corrected chi connectivity index (χ0v) is 14.2. The smallest absolute Gasteiger partial charge is 0.152 e. The highest BCUT2D eigenvalue weighted by atomic mass is 32.1. The Morgan fingerprint density at radius 3 is 2.68 bits per heavy atom. The van der Waals surface area contributed by atoms with Crippen LogP contribution >= 0.6 is 11.3 Å². The number of para-hydroxylation sites is 1. The van der Waals surface area contributed by atoms with Gasteiger partial charge in [0.1, 0.15) is 5.82 Å². The maximum absolute atomic E-state index is 13.3. The van der Waals surface area contributed by atoms with Gasteiger partial charge in [-0.3, -0.25) is 5.01 Å². The second-order valence-electron chi connectivity index (χ2n) is 6.30. The van der Waals surface area contributed by atoms with Crippen molar-refractivity contribution in [3.63, 3.8) is 0 Å². The third-order valence-electron chi connectivity index (χ3n) is 4.81. The number of halogens is 1. The van der Waals surface area contributed by atoms with Crippen LogP contribution in [0.3, 0.4) is 0 Å². The van der Waals surface area contributed by atoms with Crippen molar-refractivity contribution < 1.29 is 4.39 Å². The van der Waals surface area contributed by atoms with Crippen LogP contribution in [0.4, 0.5) is 10.1 Å². The summed E-state index contributed by atoms with van der Waals surface area (Å²) < 4.78 is 13.3. The number of anilines is 1. The average Bonchev–Trinajstić information content (AvgIpc) is 3.32. The molecule has 0 saturated carbocycles. The summed E-state index contributed by atoms with van der Waals surface area (Å²) in [6.45, 7) is 0. The number of thiophene rings is 1. The lowest BCUT2D eigenvalue weighted by Crippen LogP contribution is -2.34.